The molecular formula is C14H21N3O. The Morgan fingerprint density at radius 3 is 2.50 bits per heavy atom. The second-order valence-electron chi connectivity index (χ2n) is 4.77. The van der Waals surface area contributed by atoms with Gasteiger partial charge in [0.05, 0.1) is 0 Å². The maximum absolute atomic E-state index is 12.2. The lowest BCUT2D eigenvalue weighted by molar-refractivity contribution is 0.243. The van der Waals surface area contributed by atoms with Crippen molar-refractivity contribution in [2.75, 3.05) is 17.2 Å². The van der Waals surface area contributed by atoms with Crippen LogP contribution in [0.4, 0.5) is 16.2 Å². The van der Waals surface area contributed by atoms with Gasteiger partial charge >= 0.3 is 6.03 Å². The van der Waals surface area contributed by atoms with E-state index in [9.17, 15) is 4.79 Å². The molecule has 0 aliphatic heterocycles. The molecule has 1 aliphatic rings. The maximum Gasteiger partial charge on any atom is 0.322 e. The van der Waals surface area contributed by atoms with E-state index in [0.29, 0.717) is 18.3 Å². The molecule has 4 heteroatoms. The second kappa shape index (κ2) is 5.76. The number of nitrogens with one attached hydrogen (secondary N) is 1. The summed E-state index contributed by atoms with van der Waals surface area (Å²) in [6.45, 7) is 2.63. The smallest absolute Gasteiger partial charge is 0.322 e. The molecule has 1 fully saturated rings. The van der Waals surface area contributed by atoms with Crippen molar-refractivity contribution in [1.29, 1.82) is 0 Å². The molecular weight excluding hydrogens is 226 g/mol. The number of hydrogen-bond acceptors (Lipinski definition) is 2. The number of anilines is 2. The Morgan fingerprint density at radius 1 is 1.33 bits per heavy atom. The highest BCUT2D eigenvalue weighted by molar-refractivity contribution is 5.92. The second-order valence-corrected chi connectivity index (χ2v) is 4.77. The first kappa shape index (κ1) is 12.7. The third-order valence-electron chi connectivity index (χ3n) is 3.45. The van der Waals surface area contributed by atoms with Crippen LogP contribution in [-0.2, 0) is 0 Å². The van der Waals surface area contributed by atoms with Crippen molar-refractivity contribution >= 4 is 17.4 Å². The number of urea groups is 1. The molecule has 3 N–H and O–H groups in total. The average Bonchev–Trinajstić information content (AvgIpc) is 2.85. The fourth-order valence-electron chi connectivity index (χ4n) is 2.42. The summed E-state index contributed by atoms with van der Waals surface area (Å²) in [6.07, 6.45) is 4.65. The van der Waals surface area contributed by atoms with Crippen LogP contribution in [0.5, 0.6) is 0 Å². The number of nitrogen functional groups attached to an aromatic ring is 1. The Labute approximate surface area is 108 Å². The zero-order valence-electron chi connectivity index (χ0n) is 10.9. The van der Waals surface area contributed by atoms with Crippen molar-refractivity contribution in [2.45, 2.75) is 38.6 Å². The summed E-state index contributed by atoms with van der Waals surface area (Å²) >= 11 is 0. The zero-order chi connectivity index (χ0) is 13.0. The number of amides is 2. The highest BCUT2D eigenvalue weighted by atomic mass is 16.2. The predicted octanol–water partition coefficient (Wildman–Crippen LogP) is 2.75. The van der Waals surface area contributed by atoms with Gasteiger partial charge in [-0.1, -0.05) is 12.8 Å². The van der Waals surface area contributed by atoms with Gasteiger partial charge in [-0.3, -0.25) is 4.90 Å². The lowest BCUT2D eigenvalue weighted by atomic mass is 10.2. The number of carbonyl (C=O) groups excluding carboxylic acids is 1. The minimum atomic E-state index is -0.00540. The first-order chi connectivity index (χ1) is 8.70. The lowest BCUT2D eigenvalue weighted by Crippen LogP contribution is -2.44. The number of benzene rings is 1. The predicted molar refractivity (Wildman–Crippen MR) is 74.7 cm³/mol. The molecule has 1 aromatic rings. The monoisotopic (exact) mass is 247 g/mol. The highest BCUT2D eigenvalue weighted by Crippen LogP contribution is 2.20. The summed E-state index contributed by atoms with van der Waals surface area (Å²) < 4.78 is 0. The van der Waals surface area contributed by atoms with Crippen LogP contribution in [0.2, 0.25) is 0 Å². The summed E-state index contributed by atoms with van der Waals surface area (Å²) in [5.74, 6) is 0. The normalized spacial score (nSPS) is 15.6. The van der Waals surface area contributed by atoms with Gasteiger partial charge in [0.1, 0.15) is 0 Å². The molecule has 1 saturated carbocycles. The highest BCUT2D eigenvalue weighted by Gasteiger charge is 2.20. The van der Waals surface area contributed by atoms with Gasteiger partial charge < -0.3 is 11.1 Å². The Hall–Kier alpha value is -1.71. The summed E-state index contributed by atoms with van der Waals surface area (Å²) in [5.41, 5.74) is 7.26. The zero-order valence-corrected chi connectivity index (χ0v) is 10.9. The number of hydrogen-bond donors (Lipinski definition) is 2. The third kappa shape index (κ3) is 2.94. The van der Waals surface area contributed by atoms with Gasteiger partial charge in [0.25, 0.3) is 0 Å². The molecule has 0 unspecified atom stereocenters. The molecule has 2 amide bonds. The molecule has 18 heavy (non-hydrogen) atoms. The largest absolute Gasteiger partial charge is 0.399 e. The van der Waals surface area contributed by atoms with Crippen molar-refractivity contribution < 1.29 is 4.79 Å². The summed E-state index contributed by atoms with van der Waals surface area (Å²) in [5, 5.41) is 3.10. The van der Waals surface area contributed by atoms with Crippen LogP contribution in [0.15, 0.2) is 24.3 Å². The number of nitrogens with two attached hydrogens (primary N) is 1. The molecule has 0 radical (unpaired) electrons. The van der Waals surface area contributed by atoms with E-state index in [-0.39, 0.29) is 6.03 Å². The molecule has 0 heterocycles. The summed E-state index contributed by atoms with van der Waals surface area (Å²) in [6, 6.07) is 7.75. The van der Waals surface area contributed by atoms with Crippen LogP contribution < -0.4 is 16.0 Å². The lowest BCUT2D eigenvalue weighted by Gasteiger charge is -2.24. The minimum Gasteiger partial charge on any atom is -0.399 e. The average molecular weight is 247 g/mol. The van der Waals surface area contributed by atoms with E-state index in [0.717, 1.165) is 18.5 Å². The van der Waals surface area contributed by atoms with E-state index in [1.54, 1.807) is 4.90 Å². The molecule has 1 aromatic carbocycles. The van der Waals surface area contributed by atoms with Gasteiger partial charge in [-0.05, 0) is 44.0 Å². The maximum atomic E-state index is 12.2. The van der Waals surface area contributed by atoms with Crippen LogP contribution in [0, 0.1) is 0 Å². The van der Waals surface area contributed by atoms with E-state index in [1.165, 1.54) is 12.8 Å². The van der Waals surface area contributed by atoms with Crippen LogP contribution >= 0.6 is 0 Å². The number of rotatable bonds is 3. The van der Waals surface area contributed by atoms with Crippen LogP contribution in [0.1, 0.15) is 32.6 Å². The van der Waals surface area contributed by atoms with E-state index >= 15 is 0 Å². The first-order valence-corrected chi connectivity index (χ1v) is 6.64. The summed E-state index contributed by atoms with van der Waals surface area (Å²) in [4.78, 5) is 13.9. The van der Waals surface area contributed by atoms with Gasteiger partial charge in [0, 0.05) is 24.0 Å². The molecule has 0 spiro atoms. The minimum absolute atomic E-state index is 0.00540. The molecule has 98 valence electrons. The molecule has 2 rings (SSSR count). The standard InChI is InChI=1S/C14H21N3O/c1-2-17(13-9-7-11(15)8-10-13)14(18)16-12-5-3-4-6-12/h7-10,12H,2-6,15H2,1H3,(H,16,18). The van der Waals surface area contributed by atoms with Crippen molar-refractivity contribution in [3.63, 3.8) is 0 Å². The van der Waals surface area contributed by atoms with Crippen LogP contribution in [0.3, 0.4) is 0 Å². The summed E-state index contributed by atoms with van der Waals surface area (Å²) in [7, 11) is 0. The van der Waals surface area contributed by atoms with Crippen molar-refractivity contribution in [3.05, 3.63) is 24.3 Å². The molecule has 0 aromatic heterocycles. The Balaban J connectivity index is 2.02. The Bertz CT molecular complexity index is 396. The van der Waals surface area contributed by atoms with Gasteiger partial charge in [0.2, 0.25) is 0 Å². The van der Waals surface area contributed by atoms with Crippen LogP contribution in [0.25, 0.3) is 0 Å². The SMILES string of the molecule is CCN(C(=O)NC1CCCC1)c1ccc(N)cc1. The quantitative estimate of drug-likeness (QED) is 0.807. The third-order valence-corrected chi connectivity index (χ3v) is 3.45. The fourth-order valence-corrected chi connectivity index (χ4v) is 2.42. The van der Waals surface area contributed by atoms with Gasteiger partial charge in [-0.25, -0.2) is 4.79 Å². The topological polar surface area (TPSA) is 58.4 Å². The number of carbonyl (C=O) groups is 1. The molecule has 1 aliphatic carbocycles. The van der Waals surface area contributed by atoms with E-state index in [4.69, 9.17) is 5.73 Å². The van der Waals surface area contributed by atoms with Crippen molar-refractivity contribution in [3.8, 4) is 0 Å². The Morgan fingerprint density at radius 2 is 1.94 bits per heavy atom. The first-order valence-electron chi connectivity index (χ1n) is 6.64. The van der Waals surface area contributed by atoms with Gasteiger partial charge in [-0.2, -0.15) is 0 Å². The number of nitrogens with zero attached hydrogens (tertiary/aromatic N) is 1. The van der Waals surface area contributed by atoms with Gasteiger partial charge in [-0.15, -0.1) is 0 Å². The molecule has 0 saturated heterocycles. The molecule has 4 nitrogen and oxygen atoms in total. The van der Waals surface area contributed by atoms with E-state index in [1.807, 2.05) is 31.2 Å². The fraction of sp³-hybridized carbons (Fsp3) is 0.500. The van der Waals surface area contributed by atoms with E-state index < -0.39 is 0 Å². The Kier molecular flexibility index (Phi) is 4.07. The van der Waals surface area contributed by atoms with Gasteiger partial charge in [0.15, 0.2) is 0 Å². The van der Waals surface area contributed by atoms with Crippen molar-refractivity contribution in [2.24, 2.45) is 0 Å². The molecule has 0 atom stereocenters. The van der Waals surface area contributed by atoms with E-state index in [2.05, 4.69) is 5.32 Å². The van der Waals surface area contributed by atoms with Crippen molar-refractivity contribution in [1.82, 2.24) is 5.32 Å². The molecule has 0 bridgehead atoms. The van der Waals surface area contributed by atoms with Crippen LogP contribution in [-0.4, -0.2) is 18.6 Å².